The first-order valence-electron chi connectivity index (χ1n) is 15.7. The van der Waals surface area contributed by atoms with Crippen molar-refractivity contribution in [1.82, 2.24) is 0 Å². The third kappa shape index (κ3) is 10.9. The molecule has 1 saturated heterocycles. The maximum absolute atomic E-state index is 13.3. The van der Waals surface area contributed by atoms with E-state index in [0.29, 0.717) is 41.3 Å². The summed E-state index contributed by atoms with van der Waals surface area (Å²) in [5.74, 6) is 0.436. The van der Waals surface area contributed by atoms with E-state index in [2.05, 4.69) is 45.6 Å². The first-order valence-corrected chi connectivity index (χ1v) is 19.8. The average Bonchev–Trinajstić information content (AvgIpc) is 3.33. The van der Waals surface area contributed by atoms with Crippen LogP contribution in [0, 0.1) is 5.92 Å². The molecule has 254 valence electrons. The second-order valence-corrected chi connectivity index (χ2v) is 19.1. The molecular weight excluding hydrogens is 624 g/mol. The highest BCUT2D eigenvalue weighted by molar-refractivity contribution is 6.76. The monoisotopic (exact) mass is 674 g/mol. The topological polar surface area (TPSA) is 81.7 Å². The summed E-state index contributed by atoms with van der Waals surface area (Å²) >= 11 is 6.74. The van der Waals surface area contributed by atoms with Gasteiger partial charge in [0.15, 0.2) is 5.79 Å². The SMILES string of the molecule is COc1ccc(CO[C@H](C)C/C=C\C(C)[C@H]2OC(C)(C)O[C@H]2C/C=C/c2c(Cl)c(OC)cc(OC)c2C(=O)OC[Si](C)(C)C)cc1. The number of rotatable bonds is 16. The van der Waals surface area contributed by atoms with E-state index in [1.54, 1.807) is 13.2 Å². The molecule has 1 aliphatic rings. The molecule has 8 nitrogen and oxygen atoms in total. The van der Waals surface area contributed by atoms with E-state index < -0.39 is 19.8 Å². The van der Waals surface area contributed by atoms with Gasteiger partial charge in [0.1, 0.15) is 22.8 Å². The third-order valence-corrected chi connectivity index (χ3v) is 8.91. The van der Waals surface area contributed by atoms with Crippen molar-refractivity contribution in [3.8, 4) is 17.2 Å². The molecule has 0 aromatic heterocycles. The fourth-order valence-corrected chi connectivity index (χ4v) is 5.95. The van der Waals surface area contributed by atoms with Crippen molar-refractivity contribution in [2.45, 2.75) is 90.9 Å². The Bertz CT molecular complexity index is 1350. The van der Waals surface area contributed by atoms with Gasteiger partial charge >= 0.3 is 5.97 Å². The molecule has 2 aromatic carbocycles. The van der Waals surface area contributed by atoms with Gasteiger partial charge in [-0.2, -0.15) is 0 Å². The molecule has 1 aliphatic heterocycles. The standard InChI is InChI=1S/C36H51ClO8Si/c1-24(13-11-14-25(2)42-22-26-17-19-27(39-5)20-18-26)34-29(44-36(3,4)45-34)16-12-15-28-32(35(38)43-23-46(8,9)10)30(40-6)21-31(41-7)33(28)37/h11-13,15,17-21,24-25,29,34H,14,16,22-23H2,1-10H3/b13-11-,15-12+/t24?,25-,29+,34-/m1/s1. The van der Waals surface area contributed by atoms with Crippen LogP contribution in [-0.4, -0.2) is 65.7 Å². The Balaban J connectivity index is 1.70. The molecule has 46 heavy (non-hydrogen) atoms. The molecule has 0 bridgehead atoms. The number of benzene rings is 2. The van der Waals surface area contributed by atoms with E-state index in [0.717, 1.165) is 17.7 Å². The minimum absolute atomic E-state index is 0.0534. The quantitative estimate of drug-likeness (QED) is 0.0996. The van der Waals surface area contributed by atoms with Gasteiger partial charge in [-0.25, -0.2) is 4.79 Å². The van der Waals surface area contributed by atoms with E-state index in [-0.39, 0.29) is 29.8 Å². The van der Waals surface area contributed by atoms with Crippen LogP contribution in [0.4, 0.5) is 0 Å². The Labute approximate surface area is 281 Å². The Morgan fingerprint density at radius 1 is 1.00 bits per heavy atom. The summed E-state index contributed by atoms with van der Waals surface area (Å²) in [6.07, 6.45) is 9.41. The minimum Gasteiger partial charge on any atom is -0.497 e. The number of hydrogen-bond donors (Lipinski definition) is 0. The molecule has 0 spiro atoms. The lowest BCUT2D eigenvalue weighted by Crippen LogP contribution is -2.30. The zero-order chi connectivity index (χ0) is 34.1. The third-order valence-electron chi connectivity index (χ3n) is 7.50. The van der Waals surface area contributed by atoms with Gasteiger partial charge in [-0.05, 0) is 51.3 Å². The van der Waals surface area contributed by atoms with Crippen LogP contribution in [0.1, 0.15) is 62.0 Å². The molecule has 0 aliphatic carbocycles. The second kappa shape index (κ2) is 16.8. The first-order chi connectivity index (χ1) is 21.7. The lowest BCUT2D eigenvalue weighted by atomic mass is 9.96. The zero-order valence-electron chi connectivity index (χ0n) is 29.0. The summed E-state index contributed by atoms with van der Waals surface area (Å²) in [5, 5.41) is 0.305. The summed E-state index contributed by atoms with van der Waals surface area (Å²) in [6.45, 7) is 15.0. The van der Waals surface area contributed by atoms with Crippen molar-refractivity contribution in [3.63, 3.8) is 0 Å². The van der Waals surface area contributed by atoms with Crippen LogP contribution in [0.3, 0.4) is 0 Å². The molecule has 1 unspecified atom stereocenters. The smallest absolute Gasteiger partial charge is 0.342 e. The van der Waals surface area contributed by atoms with E-state index in [1.807, 2.05) is 50.3 Å². The van der Waals surface area contributed by atoms with Gasteiger partial charge in [-0.3, -0.25) is 0 Å². The highest BCUT2D eigenvalue weighted by Crippen LogP contribution is 2.40. The van der Waals surface area contributed by atoms with Crippen LogP contribution < -0.4 is 14.2 Å². The zero-order valence-corrected chi connectivity index (χ0v) is 30.7. The number of ether oxygens (including phenoxy) is 7. The molecule has 4 atom stereocenters. The highest BCUT2D eigenvalue weighted by atomic mass is 35.5. The Kier molecular flexibility index (Phi) is 13.8. The second-order valence-electron chi connectivity index (χ2n) is 13.3. The number of hydrogen-bond acceptors (Lipinski definition) is 8. The van der Waals surface area contributed by atoms with E-state index >= 15 is 0 Å². The highest BCUT2D eigenvalue weighted by Gasteiger charge is 2.42. The lowest BCUT2D eigenvalue weighted by molar-refractivity contribution is -0.148. The predicted molar refractivity (Wildman–Crippen MR) is 186 cm³/mol. The lowest BCUT2D eigenvalue weighted by Gasteiger charge is -2.21. The fraction of sp³-hybridized carbons (Fsp3) is 0.528. The average molecular weight is 675 g/mol. The number of carbonyl (C=O) groups is 1. The Morgan fingerprint density at radius 3 is 2.28 bits per heavy atom. The van der Waals surface area contributed by atoms with Crippen LogP contribution in [0.15, 0.2) is 48.6 Å². The number of methoxy groups -OCH3 is 3. The van der Waals surface area contributed by atoms with Crippen molar-refractivity contribution in [2.75, 3.05) is 27.6 Å². The predicted octanol–water partition coefficient (Wildman–Crippen LogP) is 8.51. The fourth-order valence-electron chi connectivity index (χ4n) is 5.09. The number of halogens is 1. The summed E-state index contributed by atoms with van der Waals surface area (Å²) in [7, 11) is 3.04. The van der Waals surface area contributed by atoms with Gasteiger partial charge < -0.3 is 33.2 Å². The molecular formula is C36H51ClO8Si. The maximum Gasteiger partial charge on any atom is 0.342 e. The van der Waals surface area contributed by atoms with Crippen molar-refractivity contribution in [3.05, 3.63) is 70.3 Å². The first kappa shape index (κ1) is 37.6. The van der Waals surface area contributed by atoms with Crippen molar-refractivity contribution in [1.29, 1.82) is 0 Å². The van der Waals surface area contributed by atoms with Gasteiger partial charge in [0.05, 0.1) is 65.6 Å². The summed E-state index contributed by atoms with van der Waals surface area (Å²) < 4.78 is 40.7. The maximum atomic E-state index is 13.3. The molecule has 3 rings (SSSR count). The van der Waals surface area contributed by atoms with Crippen LogP contribution in [0.25, 0.3) is 6.08 Å². The van der Waals surface area contributed by atoms with E-state index in [1.165, 1.54) is 14.2 Å². The van der Waals surface area contributed by atoms with E-state index in [4.69, 9.17) is 44.8 Å². The van der Waals surface area contributed by atoms with Gasteiger partial charge in [0.25, 0.3) is 0 Å². The molecule has 0 saturated carbocycles. The number of carbonyl (C=O) groups excluding carboxylic acids is 1. The van der Waals surface area contributed by atoms with Crippen molar-refractivity contribution >= 4 is 31.7 Å². The number of esters is 1. The molecule has 10 heteroatoms. The molecule has 1 fully saturated rings. The summed E-state index contributed by atoms with van der Waals surface area (Å²) in [4.78, 5) is 13.3. The largest absolute Gasteiger partial charge is 0.497 e. The van der Waals surface area contributed by atoms with Crippen LogP contribution in [0.2, 0.25) is 24.7 Å². The molecule has 0 radical (unpaired) electrons. The summed E-state index contributed by atoms with van der Waals surface area (Å²) in [6, 6.07) is 9.50. The molecule has 1 heterocycles. The van der Waals surface area contributed by atoms with Gasteiger partial charge in [-0.1, -0.05) is 74.6 Å². The van der Waals surface area contributed by atoms with Crippen LogP contribution >= 0.6 is 11.6 Å². The van der Waals surface area contributed by atoms with Crippen molar-refractivity contribution in [2.24, 2.45) is 5.92 Å². The Morgan fingerprint density at radius 2 is 1.67 bits per heavy atom. The normalized spacial score (nSPS) is 19.4. The minimum atomic E-state index is -1.65. The van der Waals surface area contributed by atoms with E-state index in [9.17, 15) is 4.79 Å². The molecule has 0 amide bonds. The van der Waals surface area contributed by atoms with Gasteiger partial charge in [0, 0.05) is 17.5 Å². The molecule has 0 N–H and O–H groups in total. The van der Waals surface area contributed by atoms with Crippen molar-refractivity contribution < 1.29 is 38.0 Å². The summed E-state index contributed by atoms with van der Waals surface area (Å²) in [5.41, 5.74) is 1.84. The molecule has 2 aromatic rings. The van der Waals surface area contributed by atoms with Gasteiger partial charge in [0.2, 0.25) is 0 Å². The van der Waals surface area contributed by atoms with Crippen LogP contribution in [0.5, 0.6) is 17.2 Å². The van der Waals surface area contributed by atoms with Crippen LogP contribution in [-0.2, 0) is 25.6 Å². The Hall–Kier alpha value is -2.82. The van der Waals surface area contributed by atoms with Gasteiger partial charge in [-0.15, -0.1) is 0 Å².